The van der Waals surface area contributed by atoms with Crippen LogP contribution < -0.4 is 0 Å². The number of nitrogens with zero attached hydrogens (tertiary/aromatic N) is 3. The van der Waals surface area contributed by atoms with E-state index in [1.807, 2.05) is 0 Å². The minimum atomic E-state index is -0.683. The van der Waals surface area contributed by atoms with E-state index in [4.69, 9.17) is 11.6 Å². The molecule has 3 rings (SSSR count). The van der Waals surface area contributed by atoms with Gasteiger partial charge in [0.1, 0.15) is 17.1 Å². The number of pyridine rings is 1. The van der Waals surface area contributed by atoms with E-state index in [2.05, 4.69) is 10.1 Å². The Labute approximate surface area is 120 Å². The van der Waals surface area contributed by atoms with E-state index < -0.39 is 12.0 Å². The Kier molecular flexibility index (Phi) is 3.70. The van der Waals surface area contributed by atoms with Gasteiger partial charge in [0.15, 0.2) is 0 Å². The highest BCUT2D eigenvalue weighted by molar-refractivity contribution is 6.32. The van der Waals surface area contributed by atoms with Crippen LogP contribution in [0.4, 0.5) is 8.78 Å². The van der Waals surface area contributed by atoms with Crippen molar-refractivity contribution in [2.75, 3.05) is 0 Å². The van der Waals surface area contributed by atoms with E-state index >= 15 is 0 Å². The number of halogens is 3. The summed E-state index contributed by atoms with van der Waals surface area (Å²) >= 11 is 5.97. The van der Waals surface area contributed by atoms with Crippen molar-refractivity contribution in [2.24, 2.45) is 5.92 Å². The topological polar surface area (TPSA) is 30.7 Å². The van der Waals surface area contributed by atoms with Crippen molar-refractivity contribution in [3.8, 4) is 11.1 Å². The minimum absolute atomic E-state index is 0.246. The van der Waals surface area contributed by atoms with Crippen LogP contribution in [-0.4, -0.2) is 20.9 Å². The fourth-order valence-electron chi connectivity index (χ4n) is 2.67. The molecule has 1 saturated carbocycles. The number of hydrogen-bond donors (Lipinski definition) is 0. The highest BCUT2D eigenvalue weighted by Gasteiger charge is 2.24. The lowest BCUT2D eigenvalue weighted by atomic mass is 10.1. The maximum absolute atomic E-state index is 13.2. The van der Waals surface area contributed by atoms with Crippen LogP contribution in [0.5, 0.6) is 0 Å². The van der Waals surface area contributed by atoms with Crippen LogP contribution in [0.1, 0.15) is 19.3 Å². The summed E-state index contributed by atoms with van der Waals surface area (Å²) in [5, 5.41) is 4.48. The maximum Gasteiger partial charge on any atom is 0.142 e. The molecule has 2 aromatic heterocycles. The third-order valence-corrected chi connectivity index (χ3v) is 3.97. The lowest BCUT2D eigenvalue weighted by molar-refractivity contribution is 0.320. The van der Waals surface area contributed by atoms with Gasteiger partial charge in [-0.3, -0.25) is 4.68 Å². The van der Waals surface area contributed by atoms with Gasteiger partial charge in [0.2, 0.25) is 0 Å². The van der Waals surface area contributed by atoms with Crippen LogP contribution in [0, 0.1) is 11.7 Å². The van der Waals surface area contributed by atoms with Gasteiger partial charge < -0.3 is 0 Å². The Balaban J connectivity index is 1.78. The first-order valence-electron chi connectivity index (χ1n) is 6.60. The molecule has 3 nitrogen and oxygen atoms in total. The SMILES string of the molecule is Fc1cnc(Cl)c(-c2cnn(CC3CC[C@H](F)C3)c2)c1. The summed E-state index contributed by atoms with van der Waals surface area (Å²) in [6, 6.07) is 1.34. The van der Waals surface area contributed by atoms with Gasteiger partial charge in [-0.05, 0) is 31.2 Å². The lowest BCUT2D eigenvalue weighted by Gasteiger charge is -2.08. The summed E-state index contributed by atoms with van der Waals surface area (Å²) in [5.74, 6) is -0.118. The van der Waals surface area contributed by atoms with Crippen molar-refractivity contribution in [1.82, 2.24) is 14.8 Å². The first-order valence-corrected chi connectivity index (χ1v) is 6.97. The molecule has 1 fully saturated rings. The largest absolute Gasteiger partial charge is 0.272 e. The summed E-state index contributed by atoms with van der Waals surface area (Å²) in [4.78, 5) is 3.78. The molecule has 0 spiro atoms. The molecule has 0 radical (unpaired) electrons. The van der Waals surface area contributed by atoms with Crippen molar-refractivity contribution in [1.29, 1.82) is 0 Å². The third kappa shape index (κ3) is 2.82. The fourth-order valence-corrected chi connectivity index (χ4v) is 2.88. The second-order valence-electron chi connectivity index (χ2n) is 5.22. The predicted octanol–water partition coefficient (Wildman–Crippen LogP) is 3.88. The monoisotopic (exact) mass is 297 g/mol. The second-order valence-corrected chi connectivity index (χ2v) is 5.58. The molecule has 2 atom stereocenters. The Hall–Kier alpha value is -1.49. The highest BCUT2D eigenvalue weighted by atomic mass is 35.5. The first-order chi connectivity index (χ1) is 9.61. The van der Waals surface area contributed by atoms with E-state index in [1.165, 1.54) is 6.07 Å². The van der Waals surface area contributed by atoms with E-state index in [0.29, 0.717) is 30.9 Å². The van der Waals surface area contributed by atoms with Crippen LogP contribution in [-0.2, 0) is 6.54 Å². The molecule has 0 aromatic carbocycles. The van der Waals surface area contributed by atoms with Crippen molar-refractivity contribution in [3.05, 3.63) is 35.6 Å². The lowest BCUT2D eigenvalue weighted by Crippen LogP contribution is -2.08. The number of aromatic nitrogens is 3. The molecule has 0 N–H and O–H groups in total. The van der Waals surface area contributed by atoms with Crippen LogP contribution in [0.15, 0.2) is 24.7 Å². The van der Waals surface area contributed by atoms with Gasteiger partial charge in [-0.25, -0.2) is 13.8 Å². The predicted molar refractivity (Wildman–Crippen MR) is 72.7 cm³/mol. The molecule has 106 valence electrons. The Bertz CT molecular complexity index is 614. The summed E-state index contributed by atoms with van der Waals surface area (Å²) in [6.07, 6.45) is 5.94. The van der Waals surface area contributed by atoms with Gasteiger partial charge in [-0.2, -0.15) is 5.10 Å². The molecule has 1 unspecified atom stereocenters. The van der Waals surface area contributed by atoms with Gasteiger partial charge >= 0.3 is 0 Å². The molecule has 0 amide bonds. The van der Waals surface area contributed by atoms with E-state index in [9.17, 15) is 8.78 Å². The molecule has 2 heterocycles. The van der Waals surface area contributed by atoms with Crippen LogP contribution in [0.2, 0.25) is 5.15 Å². The minimum Gasteiger partial charge on any atom is -0.272 e. The summed E-state index contributed by atoms with van der Waals surface area (Å²) in [6.45, 7) is 0.681. The molecule has 6 heteroatoms. The van der Waals surface area contributed by atoms with Crippen LogP contribution in [0.25, 0.3) is 11.1 Å². The highest BCUT2D eigenvalue weighted by Crippen LogP contribution is 2.30. The average Bonchev–Trinajstić information content (AvgIpc) is 3.02. The molecule has 0 bridgehead atoms. The Morgan fingerprint density at radius 1 is 1.35 bits per heavy atom. The molecule has 0 aliphatic heterocycles. The van der Waals surface area contributed by atoms with Gasteiger partial charge in [0.05, 0.1) is 12.4 Å². The Morgan fingerprint density at radius 3 is 2.95 bits per heavy atom. The maximum atomic E-state index is 13.2. The van der Waals surface area contributed by atoms with E-state index in [1.54, 1.807) is 17.1 Å². The smallest absolute Gasteiger partial charge is 0.142 e. The van der Waals surface area contributed by atoms with Gasteiger partial charge in [-0.1, -0.05) is 11.6 Å². The average molecular weight is 298 g/mol. The number of hydrogen-bond acceptors (Lipinski definition) is 2. The van der Waals surface area contributed by atoms with E-state index in [-0.39, 0.29) is 5.15 Å². The number of rotatable bonds is 3. The zero-order valence-corrected chi connectivity index (χ0v) is 11.5. The van der Waals surface area contributed by atoms with Gasteiger partial charge in [0, 0.05) is 23.9 Å². The van der Waals surface area contributed by atoms with Crippen molar-refractivity contribution >= 4 is 11.6 Å². The molecule has 2 aromatic rings. The quantitative estimate of drug-likeness (QED) is 0.805. The zero-order valence-electron chi connectivity index (χ0n) is 10.8. The molecule has 1 aliphatic rings. The number of alkyl halides is 1. The first kappa shape index (κ1) is 13.5. The standard InChI is InChI=1S/C14H14ClF2N3/c15-14-13(4-12(17)6-18-14)10-5-19-20(8-10)7-9-1-2-11(16)3-9/h4-6,8-9,11H,1-3,7H2/t9?,11-/m0/s1. The van der Waals surface area contributed by atoms with Crippen LogP contribution >= 0.6 is 11.6 Å². The molecular weight excluding hydrogens is 284 g/mol. The zero-order chi connectivity index (χ0) is 14.1. The molecule has 20 heavy (non-hydrogen) atoms. The normalized spacial score (nSPS) is 22.4. The molecule has 0 saturated heterocycles. The van der Waals surface area contributed by atoms with Crippen molar-refractivity contribution in [2.45, 2.75) is 32.0 Å². The Morgan fingerprint density at radius 2 is 2.20 bits per heavy atom. The summed E-state index contributed by atoms with van der Waals surface area (Å²) in [7, 11) is 0. The molecular formula is C14H14ClF2N3. The third-order valence-electron chi connectivity index (χ3n) is 3.67. The van der Waals surface area contributed by atoms with Crippen molar-refractivity contribution in [3.63, 3.8) is 0 Å². The van der Waals surface area contributed by atoms with Crippen molar-refractivity contribution < 1.29 is 8.78 Å². The second kappa shape index (κ2) is 5.48. The fraction of sp³-hybridized carbons (Fsp3) is 0.429. The summed E-state index contributed by atoms with van der Waals surface area (Å²) < 4.78 is 28.1. The van der Waals surface area contributed by atoms with Gasteiger partial charge in [0.25, 0.3) is 0 Å². The molecule has 1 aliphatic carbocycles. The van der Waals surface area contributed by atoms with Gasteiger partial charge in [-0.15, -0.1) is 0 Å². The van der Waals surface area contributed by atoms with Crippen LogP contribution in [0.3, 0.4) is 0 Å². The summed E-state index contributed by atoms with van der Waals surface area (Å²) in [5.41, 5.74) is 1.24. The van der Waals surface area contributed by atoms with E-state index in [0.717, 1.165) is 18.2 Å².